The van der Waals surface area contributed by atoms with Crippen molar-refractivity contribution in [1.29, 1.82) is 0 Å². The van der Waals surface area contributed by atoms with Gasteiger partial charge < -0.3 is 9.47 Å². The molecule has 0 saturated heterocycles. The number of rotatable bonds is 5. The number of urea groups is 1. The van der Waals surface area contributed by atoms with Gasteiger partial charge in [-0.1, -0.05) is 0 Å². The molecule has 0 aliphatic rings. The maximum Gasteiger partial charge on any atom is 0.343 e. The van der Waals surface area contributed by atoms with Gasteiger partial charge in [-0.2, -0.15) is 22.7 Å². The van der Waals surface area contributed by atoms with Gasteiger partial charge in [0.05, 0.1) is 26.0 Å². The van der Waals surface area contributed by atoms with Crippen LogP contribution in [-0.2, 0) is 10.2 Å². The van der Waals surface area contributed by atoms with Crippen molar-refractivity contribution in [3.63, 3.8) is 0 Å². The van der Waals surface area contributed by atoms with Gasteiger partial charge in [0, 0.05) is 10.9 Å². The van der Waals surface area contributed by atoms with Crippen LogP contribution in [0.5, 0.6) is 11.8 Å². The number of benzene rings is 1. The fourth-order valence-electron chi connectivity index (χ4n) is 1.93. The van der Waals surface area contributed by atoms with Crippen molar-refractivity contribution in [3.8, 4) is 23.1 Å². The lowest BCUT2D eigenvalue weighted by molar-refractivity contribution is 0.259. The van der Waals surface area contributed by atoms with E-state index < -0.39 is 16.2 Å². The maximum atomic E-state index is 12.5. The fourth-order valence-corrected chi connectivity index (χ4v) is 2.73. The zero-order chi connectivity index (χ0) is 20.0. The third-order valence-electron chi connectivity index (χ3n) is 3.05. The molecule has 2 aromatic rings. The number of nitrogens with one attached hydrogen (secondary N) is 1. The highest BCUT2D eigenvalue weighted by atomic mass is 35.5. The van der Waals surface area contributed by atoms with Gasteiger partial charge in [-0.25, -0.2) is 9.93 Å². The van der Waals surface area contributed by atoms with Crippen LogP contribution < -0.4 is 24.2 Å². The third-order valence-corrected chi connectivity index (χ3v) is 4.03. The molecule has 142 valence electrons. The number of nitrogens with zero attached hydrogens (tertiary/aromatic N) is 3. The van der Waals surface area contributed by atoms with E-state index in [1.165, 1.54) is 44.6 Å². The molecule has 2 amide bonds. The minimum atomic E-state index is -4.45. The van der Waals surface area contributed by atoms with Crippen molar-refractivity contribution in [2.45, 2.75) is 0 Å². The van der Waals surface area contributed by atoms with Crippen molar-refractivity contribution in [2.75, 3.05) is 23.8 Å². The van der Waals surface area contributed by atoms with E-state index in [9.17, 15) is 13.2 Å². The van der Waals surface area contributed by atoms with Gasteiger partial charge in [-0.3, -0.25) is 5.32 Å². The molecule has 0 aliphatic heterocycles. The van der Waals surface area contributed by atoms with Gasteiger partial charge in [-0.05, 0) is 41.8 Å². The zero-order valence-electron chi connectivity index (χ0n) is 14.1. The monoisotopic (exact) mass is 411 g/mol. The SMILES string of the molecule is COc1cc(OC)nc(NC(=O)N(c2ccc(C#CCl)cc2)S(N)(=O)=O)n1. The first kappa shape index (κ1) is 20.2. The quantitative estimate of drug-likeness (QED) is 0.707. The molecule has 0 unspecified atom stereocenters. The smallest absolute Gasteiger partial charge is 0.343 e. The summed E-state index contributed by atoms with van der Waals surface area (Å²) in [5.74, 6) is 2.53. The highest BCUT2D eigenvalue weighted by Gasteiger charge is 2.27. The number of carbonyl (C=O) groups is 1. The van der Waals surface area contributed by atoms with Crippen LogP contribution in [0.1, 0.15) is 5.56 Å². The summed E-state index contributed by atoms with van der Waals surface area (Å²) in [5, 5.41) is 9.59. The van der Waals surface area contributed by atoms with Crippen LogP contribution in [0.4, 0.5) is 16.4 Å². The van der Waals surface area contributed by atoms with Crippen LogP contribution in [0.3, 0.4) is 0 Å². The Labute approximate surface area is 160 Å². The van der Waals surface area contributed by atoms with Crippen molar-refractivity contribution in [3.05, 3.63) is 35.9 Å². The molecule has 0 fully saturated rings. The van der Waals surface area contributed by atoms with E-state index in [-0.39, 0.29) is 23.4 Å². The second kappa shape index (κ2) is 8.54. The number of halogens is 1. The Morgan fingerprint density at radius 2 is 1.74 bits per heavy atom. The van der Waals surface area contributed by atoms with Crippen LogP contribution in [0.25, 0.3) is 0 Å². The maximum absolute atomic E-state index is 12.5. The number of methoxy groups -OCH3 is 2. The minimum Gasteiger partial charge on any atom is -0.481 e. The zero-order valence-corrected chi connectivity index (χ0v) is 15.7. The number of aromatic nitrogens is 2. The molecule has 3 N–H and O–H groups in total. The van der Waals surface area contributed by atoms with Crippen molar-refractivity contribution in [1.82, 2.24) is 9.97 Å². The lowest BCUT2D eigenvalue weighted by Gasteiger charge is -2.20. The van der Waals surface area contributed by atoms with E-state index in [2.05, 4.69) is 26.6 Å². The summed E-state index contributed by atoms with van der Waals surface area (Å²) in [6.45, 7) is 0. The standard InChI is InChI=1S/C15H14ClN5O5S/c1-25-12-9-13(26-2)19-14(18-12)20-15(22)21(27(17,23)24)11-5-3-10(4-6-11)7-8-16/h3-6,9H,1-2H3,(H2,17,23,24)(H,18,19,20,22). The van der Waals surface area contributed by atoms with Crippen molar-refractivity contribution < 1.29 is 22.7 Å². The van der Waals surface area contributed by atoms with Gasteiger partial charge in [0.15, 0.2) is 0 Å². The molecule has 0 bridgehead atoms. The van der Waals surface area contributed by atoms with Gasteiger partial charge in [0.2, 0.25) is 17.7 Å². The normalized spacial score (nSPS) is 10.4. The Balaban J connectivity index is 2.37. The van der Waals surface area contributed by atoms with E-state index in [1.54, 1.807) is 0 Å². The Morgan fingerprint density at radius 1 is 1.19 bits per heavy atom. The first-order valence-electron chi connectivity index (χ1n) is 7.11. The molecule has 10 nitrogen and oxygen atoms in total. The molecule has 1 heterocycles. The summed E-state index contributed by atoms with van der Waals surface area (Å²) in [5.41, 5.74) is 0.495. The van der Waals surface area contributed by atoms with Crippen LogP contribution in [0.15, 0.2) is 30.3 Å². The molecule has 0 saturated carbocycles. The van der Waals surface area contributed by atoms with E-state index in [1.807, 2.05) is 0 Å². The lowest BCUT2D eigenvalue weighted by atomic mass is 10.2. The molecule has 1 aromatic carbocycles. The molecule has 0 radical (unpaired) electrons. The molecule has 2 rings (SSSR count). The number of amides is 2. The Bertz CT molecular complexity index is 979. The average molecular weight is 412 g/mol. The van der Waals surface area contributed by atoms with Crippen LogP contribution >= 0.6 is 11.6 Å². The third kappa shape index (κ3) is 5.20. The predicted molar refractivity (Wildman–Crippen MR) is 98.9 cm³/mol. The highest BCUT2D eigenvalue weighted by molar-refractivity contribution is 7.91. The van der Waals surface area contributed by atoms with Crippen molar-refractivity contribution in [2.24, 2.45) is 5.14 Å². The second-order valence-corrected chi connectivity index (χ2v) is 6.37. The minimum absolute atomic E-state index is 0.0232. The van der Waals surface area contributed by atoms with Crippen LogP contribution in [0, 0.1) is 11.3 Å². The van der Waals surface area contributed by atoms with Gasteiger partial charge in [-0.15, -0.1) is 0 Å². The summed E-state index contributed by atoms with van der Waals surface area (Å²) in [4.78, 5) is 20.3. The fraction of sp³-hybridized carbons (Fsp3) is 0.133. The Kier molecular flexibility index (Phi) is 6.40. The first-order valence-corrected chi connectivity index (χ1v) is 8.99. The van der Waals surface area contributed by atoms with E-state index >= 15 is 0 Å². The molecule has 0 spiro atoms. The summed E-state index contributed by atoms with van der Waals surface area (Å²) >= 11 is 5.32. The summed E-state index contributed by atoms with van der Waals surface area (Å²) in [7, 11) is -1.74. The summed E-state index contributed by atoms with van der Waals surface area (Å²) in [6, 6.07) is 5.90. The average Bonchev–Trinajstić information content (AvgIpc) is 2.62. The van der Waals surface area contributed by atoms with E-state index in [0.29, 0.717) is 9.87 Å². The molecular formula is C15H14ClN5O5S. The predicted octanol–water partition coefficient (Wildman–Crippen LogP) is 1.28. The molecule has 0 aliphatic carbocycles. The molecule has 1 aromatic heterocycles. The largest absolute Gasteiger partial charge is 0.481 e. The van der Waals surface area contributed by atoms with Crippen LogP contribution in [-0.4, -0.2) is 38.6 Å². The first-order chi connectivity index (χ1) is 12.8. The molecular weight excluding hydrogens is 398 g/mol. The van der Waals surface area contributed by atoms with E-state index in [0.717, 1.165) is 0 Å². The van der Waals surface area contributed by atoms with Crippen LogP contribution in [0.2, 0.25) is 0 Å². The topological polar surface area (TPSA) is 137 Å². The molecule has 27 heavy (non-hydrogen) atoms. The molecule has 12 heteroatoms. The summed E-state index contributed by atoms with van der Waals surface area (Å²) < 4.78 is 34.1. The van der Waals surface area contributed by atoms with E-state index in [4.69, 9.17) is 26.2 Å². The lowest BCUT2D eigenvalue weighted by Crippen LogP contribution is -2.44. The Morgan fingerprint density at radius 3 is 2.19 bits per heavy atom. The van der Waals surface area contributed by atoms with Crippen molar-refractivity contribution >= 4 is 39.5 Å². The summed E-state index contributed by atoms with van der Waals surface area (Å²) in [6.07, 6.45) is 0. The number of ether oxygens (including phenoxy) is 2. The highest BCUT2D eigenvalue weighted by Crippen LogP contribution is 2.21. The van der Waals surface area contributed by atoms with Gasteiger partial charge in [0.25, 0.3) is 0 Å². The van der Waals surface area contributed by atoms with Gasteiger partial charge >= 0.3 is 16.2 Å². The molecule has 0 atom stereocenters. The second-order valence-electron chi connectivity index (χ2n) is 4.78. The Hall–Kier alpha value is -3.07. The number of hydrogen-bond donors (Lipinski definition) is 2. The number of hydrogen-bond acceptors (Lipinski definition) is 7. The number of nitrogens with two attached hydrogens (primary N) is 1. The van der Waals surface area contributed by atoms with Gasteiger partial charge in [0.1, 0.15) is 0 Å². The number of anilines is 2. The number of carbonyl (C=O) groups excluding carboxylic acids is 1.